The summed E-state index contributed by atoms with van der Waals surface area (Å²) in [6.07, 6.45) is 7.15. The number of hydrogen-bond donors (Lipinski definition) is 1. The Labute approximate surface area is 228 Å². The smallest absolute Gasteiger partial charge is 0.249 e. The van der Waals surface area contributed by atoms with E-state index in [0.29, 0.717) is 32.2 Å². The van der Waals surface area contributed by atoms with Crippen molar-refractivity contribution in [3.63, 3.8) is 0 Å². The molecule has 1 fully saturated rings. The van der Waals surface area contributed by atoms with Gasteiger partial charge in [-0.2, -0.15) is 4.98 Å². The minimum atomic E-state index is -3.63. The fourth-order valence-electron chi connectivity index (χ4n) is 5.70. The normalized spacial score (nSPS) is 18.1. The van der Waals surface area contributed by atoms with Gasteiger partial charge in [-0.1, -0.05) is 25.7 Å². The predicted molar refractivity (Wildman–Crippen MR) is 152 cm³/mol. The Morgan fingerprint density at radius 1 is 1.05 bits per heavy atom. The summed E-state index contributed by atoms with van der Waals surface area (Å²) in [4.78, 5) is 6.83. The number of nitrogens with one attached hydrogen (secondary N) is 1. The molecule has 0 amide bonds. The van der Waals surface area contributed by atoms with Crippen LogP contribution in [0.25, 0.3) is 0 Å². The van der Waals surface area contributed by atoms with Crippen LogP contribution in [0.4, 0.5) is 11.6 Å². The molecule has 0 spiro atoms. The van der Waals surface area contributed by atoms with Gasteiger partial charge >= 0.3 is 0 Å². The molecule has 11 heteroatoms. The fraction of sp³-hybridized carbons (Fsp3) is 0.704. The Hall–Kier alpha value is -1.79. The molecule has 1 aromatic heterocycles. The van der Waals surface area contributed by atoms with Crippen LogP contribution in [0.2, 0.25) is 25.7 Å². The zero-order valence-electron chi connectivity index (χ0n) is 23.2. The van der Waals surface area contributed by atoms with Crippen molar-refractivity contribution in [3.05, 3.63) is 28.3 Å². The van der Waals surface area contributed by atoms with Crippen molar-refractivity contribution >= 4 is 29.5 Å². The molecule has 2 aliphatic carbocycles. The van der Waals surface area contributed by atoms with Crippen molar-refractivity contribution in [2.45, 2.75) is 82.5 Å². The van der Waals surface area contributed by atoms with Crippen LogP contribution in [0.3, 0.4) is 0 Å². The first-order chi connectivity index (χ1) is 18.2. The van der Waals surface area contributed by atoms with E-state index in [-0.39, 0.29) is 17.6 Å². The Morgan fingerprint density at radius 2 is 1.74 bits per heavy atom. The summed E-state index contributed by atoms with van der Waals surface area (Å²) < 4.78 is 39.7. The summed E-state index contributed by atoms with van der Waals surface area (Å²) in [5.41, 5.74) is 6.64. The fourth-order valence-corrected chi connectivity index (χ4v) is 7.79. The molecule has 0 unspecified atom stereocenters. The summed E-state index contributed by atoms with van der Waals surface area (Å²) in [5.74, 6) is 0.382. The van der Waals surface area contributed by atoms with Gasteiger partial charge in [0.05, 0.1) is 19.0 Å². The highest BCUT2D eigenvalue weighted by Gasteiger charge is 2.28. The van der Waals surface area contributed by atoms with Crippen molar-refractivity contribution < 1.29 is 17.9 Å². The molecule has 1 aromatic carbocycles. The monoisotopic (exact) mass is 561 g/mol. The number of anilines is 2. The number of fused-ring (bicyclic) bond motifs is 2. The summed E-state index contributed by atoms with van der Waals surface area (Å²) in [5, 5.41) is 8.11. The molecule has 0 radical (unpaired) electrons. The lowest BCUT2D eigenvalue weighted by atomic mass is 9.99. The number of nitrogens with zero attached hydrogens (tertiary/aromatic N) is 4. The number of sulfone groups is 1. The molecule has 2 aromatic rings. The molecular weight excluding hydrogens is 518 g/mol. The molecule has 0 saturated carbocycles. The third-order valence-corrected chi connectivity index (χ3v) is 11.2. The maximum Gasteiger partial charge on any atom is 0.249 e. The Kier molecular flexibility index (Phi) is 8.59. The van der Waals surface area contributed by atoms with Gasteiger partial charge in [0.25, 0.3) is 0 Å². The molecular formula is C27H43N5O4SSi. The van der Waals surface area contributed by atoms with Gasteiger partial charge in [0.2, 0.25) is 20.9 Å². The first-order valence-electron chi connectivity index (χ1n) is 14.2. The second kappa shape index (κ2) is 11.8. The van der Waals surface area contributed by atoms with Crippen molar-refractivity contribution in [1.29, 1.82) is 0 Å². The third kappa shape index (κ3) is 6.67. The molecule has 1 saturated heterocycles. The standard InChI is InChI=1S/C27H43N5O4SSi/c1-38(2,3)18-16-36-20-32-27(37(33,34)17-6-11-31-12-14-35-15-13-31)29-26(30-32)28-25-23-9-4-7-21(23)19-22-8-5-10-24(22)25/h19H,4-18,20H2,1-3H3,(H,28,30). The van der Waals surface area contributed by atoms with E-state index < -0.39 is 17.9 Å². The quantitative estimate of drug-likeness (QED) is 0.309. The van der Waals surface area contributed by atoms with E-state index in [9.17, 15) is 8.42 Å². The molecule has 1 aliphatic heterocycles. The van der Waals surface area contributed by atoms with Gasteiger partial charge in [0.15, 0.2) is 0 Å². The molecule has 0 atom stereocenters. The van der Waals surface area contributed by atoms with Crippen LogP contribution < -0.4 is 5.32 Å². The summed E-state index contributed by atoms with van der Waals surface area (Å²) in [7, 11) is -4.89. The van der Waals surface area contributed by atoms with Gasteiger partial charge in [-0.3, -0.25) is 4.90 Å². The number of aromatic nitrogens is 3. The molecule has 0 bridgehead atoms. The summed E-state index contributed by atoms with van der Waals surface area (Å²) in [6, 6.07) is 3.40. The highest BCUT2D eigenvalue weighted by atomic mass is 32.2. The molecule has 5 rings (SSSR count). The van der Waals surface area contributed by atoms with Crippen LogP contribution in [0.15, 0.2) is 11.2 Å². The van der Waals surface area contributed by atoms with E-state index in [1.807, 2.05) is 0 Å². The van der Waals surface area contributed by atoms with E-state index in [0.717, 1.165) is 69.9 Å². The van der Waals surface area contributed by atoms with Crippen LogP contribution >= 0.6 is 0 Å². The zero-order chi connectivity index (χ0) is 26.8. The Balaban J connectivity index is 1.36. The zero-order valence-corrected chi connectivity index (χ0v) is 25.0. The summed E-state index contributed by atoms with van der Waals surface area (Å²) >= 11 is 0. The first-order valence-corrected chi connectivity index (χ1v) is 19.5. The molecule has 3 aliphatic rings. The number of aryl methyl sites for hydroxylation is 2. The lowest BCUT2D eigenvalue weighted by Gasteiger charge is -2.26. The van der Waals surface area contributed by atoms with Crippen molar-refractivity contribution in [2.24, 2.45) is 0 Å². The first kappa shape index (κ1) is 27.8. The van der Waals surface area contributed by atoms with E-state index in [2.05, 4.69) is 46.0 Å². The minimum absolute atomic E-state index is 0.000738. The summed E-state index contributed by atoms with van der Waals surface area (Å²) in [6.45, 7) is 11.4. The Bertz CT molecular complexity index is 1200. The second-order valence-corrected chi connectivity index (χ2v) is 19.7. The van der Waals surface area contributed by atoms with E-state index >= 15 is 0 Å². The average Bonchev–Trinajstić information content (AvgIpc) is 3.61. The topological polar surface area (TPSA) is 98.6 Å². The number of morpholine rings is 1. The van der Waals surface area contributed by atoms with Gasteiger partial charge in [-0.15, -0.1) is 5.10 Å². The van der Waals surface area contributed by atoms with Gasteiger partial charge in [0, 0.05) is 33.5 Å². The van der Waals surface area contributed by atoms with E-state index in [4.69, 9.17) is 9.47 Å². The average molecular weight is 562 g/mol. The second-order valence-electron chi connectivity index (χ2n) is 12.1. The van der Waals surface area contributed by atoms with Gasteiger partial charge < -0.3 is 14.8 Å². The lowest BCUT2D eigenvalue weighted by Crippen LogP contribution is -2.37. The highest BCUT2D eigenvalue weighted by molar-refractivity contribution is 7.91. The van der Waals surface area contributed by atoms with Crippen LogP contribution in [0.5, 0.6) is 0 Å². The predicted octanol–water partition coefficient (Wildman–Crippen LogP) is 3.81. The van der Waals surface area contributed by atoms with Gasteiger partial charge in [0.1, 0.15) is 6.73 Å². The highest BCUT2D eigenvalue weighted by Crippen LogP contribution is 2.39. The Morgan fingerprint density at radius 3 is 2.39 bits per heavy atom. The molecule has 210 valence electrons. The van der Waals surface area contributed by atoms with Crippen molar-refractivity contribution in [1.82, 2.24) is 19.7 Å². The van der Waals surface area contributed by atoms with Gasteiger partial charge in [-0.25, -0.2) is 13.1 Å². The number of benzene rings is 1. The molecule has 38 heavy (non-hydrogen) atoms. The lowest BCUT2D eigenvalue weighted by molar-refractivity contribution is 0.0380. The third-order valence-electron chi connectivity index (χ3n) is 7.83. The minimum Gasteiger partial charge on any atom is -0.379 e. The van der Waals surface area contributed by atoms with E-state index in [1.165, 1.54) is 26.9 Å². The van der Waals surface area contributed by atoms with Crippen LogP contribution in [0.1, 0.15) is 41.5 Å². The van der Waals surface area contributed by atoms with Crippen LogP contribution in [0, 0.1) is 0 Å². The van der Waals surface area contributed by atoms with Crippen molar-refractivity contribution in [3.8, 4) is 0 Å². The maximum absolute atomic E-state index is 13.5. The van der Waals surface area contributed by atoms with Crippen LogP contribution in [-0.4, -0.2) is 81.4 Å². The molecule has 9 nitrogen and oxygen atoms in total. The number of ether oxygens (including phenoxy) is 2. The van der Waals surface area contributed by atoms with Gasteiger partial charge in [-0.05, 0) is 79.8 Å². The van der Waals surface area contributed by atoms with E-state index in [1.54, 1.807) is 0 Å². The molecule has 2 heterocycles. The van der Waals surface area contributed by atoms with Crippen molar-refractivity contribution in [2.75, 3.05) is 50.5 Å². The largest absolute Gasteiger partial charge is 0.379 e. The number of hydrogen-bond acceptors (Lipinski definition) is 8. The molecule has 1 N–H and O–H groups in total. The SMILES string of the molecule is C[Si](C)(C)CCOCn1nc(Nc2c3c(cc4c2CCC4)CCC3)nc1S(=O)(=O)CCCN1CCOCC1. The number of rotatable bonds is 12. The maximum atomic E-state index is 13.5. The van der Waals surface area contributed by atoms with Crippen LogP contribution in [-0.2, 0) is 51.7 Å².